The number of aromatic amines is 1. The number of aliphatic hydroxyl groups is 1. The average molecular weight is 538 g/mol. The minimum Gasteiger partial charge on any atom is -0.481 e. The third-order valence-corrected chi connectivity index (χ3v) is 7.01. The predicted octanol–water partition coefficient (Wildman–Crippen LogP) is 6.18. The predicted molar refractivity (Wildman–Crippen MR) is 151 cm³/mol. The van der Waals surface area contributed by atoms with Gasteiger partial charge in [0.15, 0.2) is 0 Å². The number of halogens is 1. The van der Waals surface area contributed by atoms with Gasteiger partial charge in [-0.3, -0.25) is 9.36 Å². The second kappa shape index (κ2) is 10.1. The molecule has 0 radical (unpaired) electrons. The maximum atomic E-state index is 12.0. The third-order valence-electron chi connectivity index (χ3n) is 5.62. The summed E-state index contributed by atoms with van der Waals surface area (Å²) in [7, 11) is 1.73. The molecule has 0 saturated heterocycles. The number of rotatable bonds is 4. The lowest BCUT2D eigenvalue weighted by atomic mass is 9.93. The zero-order valence-electron chi connectivity index (χ0n) is 21.2. The van der Waals surface area contributed by atoms with Crippen molar-refractivity contribution >= 4 is 50.2 Å². The molecule has 3 N–H and O–H groups in total. The average Bonchev–Trinajstić information content (AvgIpc) is 3.33. The largest absolute Gasteiger partial charge is 0.481 e. The van der Waals surface area contributed by atoms with E-state index in [1.54, 1.807) is 44.5 Å². The molecule has 2 aromatic heterocycles. The van der Waals surface area contributed by atoms with E-state index in [1.807, 2.05) is 43.3 Å². The highest BCUT2D eigenvalue weighted by Gasteiger charge is 2.20. The normalized spacial score (nSPS) is 11.5. The van der Waals surface area contributed by atoms with Crippen molar-refractivity contribution < 1.29 is 15.0 Å². The fraction of sp³-hybridized carbons (Fsp3) is 0.250. The summed E-state index contributed by atoms with van der Waals surface area (Å²) in [5.41, 5.74) is 6.02. The second-order valence-corrected chi connectivity index (χ2v) is 11.3. The van der Waals surface area contributed by atoms with Crippen molar-refractivity contribution in [2.24, 2.45) is 7.05 Å². The van der Waals surface area contributed by atoms with Crippen molar-refractivity contribution in [3.63, 3.8) is 0 Å². The van der Waals surface area contributed by atoms with E-state index in [0.29, 0.717) is 5.02 Å². The zero-order valence-corrected chi connectivity index (χ0v) is 22.8. The van der Waals surface area contributed by atoms with Gasteiger partial charge in [0.25, 0.3) is 0 Å². The SMILES string of the molecule is CC(C)(C)O.Cc1cc2nc(-c3ccc4c(c3)[nH]c(=O)n4C)sc2c(-c2ccc(Cl)cc2)c1CC(=O)O. The fourth-order valence-corrected chi connectivity index (χ4v) is 5.29. The number of aromatic nitrogens is 3. The molecule has 0 atom stereocenters. The first-order valence-corrected chi connectivity index (χ1v) is 12.8. The number of carboxylic acid groups (broad SMARTS) is 1. The van der Waals surface area contributed by atoms with Crippen LogP contribution in [0.4, 0.5) is 0 Å². The molecule has 0 spiro atoms. The Morgan fingerprint density at radius 1 is 1.11 bits per heavy atom. The van der Waals surface area contributed by atoms with E-state index in [4.69, 9.17) is 21.7 Å². The topological polar surface area (TPSA) is 108 Å². The van der Waals surface area contributed by atoms with Crippen molar-refractivity contribution in [3.8, 4) is 21.7 Å². The maximum Gasteiger partial charge on any atom is 0.326 e. The molecule has 7 nitrogen and oxygen atoms in total. The van der Waals surface area contributed by atoms with E-state index in [9.17, 15) is 14.7 Å². The quantitative estimate of drug-likeness (QED) is 0.254. The lowest BCUT2D eigenvalue weighted by molar-refractivity contribution is -0.136. The summed E-state index contributed by atoms with van der Waals surface area (Å²) in [6, 6.07) is 15.1. The number of aryl methyl sites for hydroxylation is 2. The molecule has 3 aromatic carbocycles. The van der Waals surface area contributed by atoms with Gasteiger partial charge in [-0.2, -0.15) is 0 Å². The number of thiazole rings is 1. The molecular formula is C28H28ClN3O4S. The number of nitrogens with one attached hydrogen (secondary N) is 1. The molecule has 5 rings (SSSR count). The van der Waals surface area contributed by atoms with E-state index in [1.165, 1.54) is 11.3 Å². The van der Waals surface area contributed by atoms with Crippen molar-refractivity contribution in [3.05, 3.63) is 75.2 Å². The lowest BCUT2D eigenvalue weighted by Crippen LogP contribution is -2.11. The summed E-state index contributed by atoms with van der Waals surface area (Å²) in [5, 5.41) is 19.5. The van der Waals surface area contributed by atoms with Gasteiger partial charge in [-0.1, -0.05) is 23.7 Å². The molecule has 0 bridgehead atoms. The number of nitrogens with zero attached hydrogens (tertiary/aromatic N) is 2. The number of benzene rings is 3. The van der Waals surface area contributed by atoms with Gasteiger partial charge in [0.05, 0.1) is 33.3 Å². The number of hydrogen-bond acceptors (Lipinski definition) is 5. The monoisotopic (exact) mass is 537 g/mol. The standard InChI is InChI=1S/C24H18ClN3O3S.C4H10O/c1-12-9-18-22(21(16(12)11-20(29)30)13-3-6-15(25)7-4-13)32-23(26-18)14-5-8-19-17(10-14)27-24(31)28(19)2;1-4(2,3)5/h3-10H,11H2,1-2H3,(H,27,31)(H,29,30);5H,1-3H3. The highest BCUT2D eigenvalue weighted by molar-refractivity contribution is 7.22. The summed E-state index contributed by atoms with van der Waals surface area (Å²) < 4.78 is 2.49. The molecule has 192 valence electrons. The number of imidazole rings is 1. The lowest BCUT2D eigenvalue weighted by Gasteiger charge is -2.13. The summed E-state index contributed by atoms with van der Waals surface area (Å²) in [5.74, 6) is -0.883. The van der Waals surface area contributed by atoms with Crippen molar-refractivity contribution in [1.82, 2.24) is 14.5 Å². The zero-order chi connectivity index (χ0) is 27.1. The number of carboxylic acids is 1. The molecule has 0 amide bonds. The van der Waals surface area contributed by atoms with Crippen LogP contribution in [0.15, 0.2) is 53.3 Å². The van der Waals surface area contributed by atoms with Crippen LogP contribution < -0.4 is 5.69 Å². The first-order chi connectivity index (χ1) is 17.3. The third kappa shape index (κ3) is 5.93. The van der Waals surface area contributed by atoms with E-state index >= 15 is 0 Å². The van der Waals surface area contributed by atoms with Crippen LogP contribution in [0.25, 0.3) is 42.9 Å². The van der Waals surface area contributed by atoms with Crippen molar-refractivity contribution in [1.29, 1.82) is 0 Å². The molecule has 0 aliphatic rings. The van der Waals surface area contributed by atoms with Gasteiger partial charge < -0.3 is 15.2 Å². The van der Waals surface area contributed by atoms with E-state index in [0.717, 1.165) is 54.1 Å². The van der Waals surface area contributed by atoms with Crippen LogP contribution in [0.3, 0.4) is 0 Å². The second-order valence-electron chi connectivity index (χ2n) is 9.88. The Labute approximate surface area is 223 Å². The highest BCUT2D eigenvalue weighted by atomic mass is 35.5. The minimum absolute atomic E-state index is 0.0792. The fourth-order valence-electron chi connectivity index (χ4n) is 4.03. The Balaban J connectivity index is 0.000000586. The van der Waals surface area contributed by atoms with E-state index in [-0.39, 0.29) is 12.1 Å². The van der Waals surface area contributed by atoms with Gasteiger partial charge in [0.2, 0.25) is 0 Å². The molecule has 37 heavy (non-hydrogen) atoms. The number of hydrogen-bond donors (Lipinski definition) is 3. The van der Waals surface area contributed by atoms with Gasteiger partial charge in [-0.15, -0.1) is 11.3 Å². The molecule has 0 aliphatic carbocycles. The van der Waals surface area contributed by atoms with Gasteiger partial charge in [0.1, 0.15) is 5.01 Å². The van der Waals surface area contributed by atoms with Crippen LogP contribution in [0, 0.1) is 6.92 Å². The Kier molecular flexibility index (Phi) is 7.28. The van der Waals surface area contributed by atoms with Gasteiger partial charge in [0, 0.05) is 23.2 Å². The highest BCUT2D eigenvalue weighted by Crippen LogP contribution is 2.41. The van der Waals surface area contributed by atoms with Crippen molar-refractivity contribution in [2.75, 3.05) is 0 Å². The first kappa shape index (κ1) is 26.6. The first-order valence-electron chi connectivity index (χ1n) is 11.6. The summed E-state index contributed by atoms with van der Waals surface area (Å²) in [6.07, 6.45) is -0.0792. The maximum absolute atomic E-state index is 12.0. The molecular weight excluding hydrogens is 510 g/mol. The smallest absolute Gasteiger partial charge is 0.326 e. The van der Waals surface area contributed by atoms with Gasteiger partial charge in [-0.05, 0) is 80.8 Å². The van der Waals surface area contributed by atoms with Crippen LogP contribution in [0.5, 0.6) is 0 Å². The van der Waals surface area contributed by atoms with E-state index in [2.05, 4.69) is 4.98 Å². The van der Waals surface area contributed by atoms with E-state index < -0.39 is 11.6 Å². The molecule has 9 heteroatoms. The molecule has 2 heterocycles. The molecule has 0 aliphatic heterocycles. The summed E-state index contributed by atoms with van der Waals surface area (Å²) in [4.78, 5) is 31.3. The number of fused-ring (bicyclic) bond motifs is 2. The number of aliphatic carboxylic acids is 1. The van der Waals surface area contributed by atoms with Crippen LogP contribution in [0.2, 0.25) is 5.02 Å². The van der Waals surface area contributed by atoms with Gasteiger partial charge >= 0.3 is 11.7 Å². The molecule has 0 saturated carbocycles. The van der Waals surface area contributed by atoms with Crippen molar-refractivity contribution in [2.45, 2.75) is 39.7 Å². The van der Waals surface area contributed by atoms with Crippen LogP contribution >= 0.6 is 22.9 Å². The molecule has 5 aromatic rings. The summed E-state index contributed by atoms with van der Waals surface area (Å²) >= 11 is 7.60. The van der Waals surface area contributed by atoms with Crippen LogP contribution in [0.1, 0.15) is 31.9 Å². The van der Waals surface area contributed by atoms with Crippen LogP contribution in [-0.4, -0.2) is 36.3 Å². The molecule has 0 unspecified atom stereocenters. The Morgan fingerprint density at radius 3 is 2.35 bits per heavy atom. The Hall–Kier alpha value is -3.46. The van der Waals surface area contributed by atoms with Crippen LogP contribution in [-0.2, 0) is 18.3 Å². The van der Waals surface area contributed by atoms with Gasteiger partial charge in [-0.25, -0.2) is 9.78 Å². The Morgan fingerprint density at radius 2 is 1.73 bits per heavy atom. The minimum atomic E-state index is -0.883. The summed E-state index contributed by atoms with van der Waals surface area (Å²) in [6.45, 7) is 7.14. The number of H-pyrrole nitrogens is 1. The number of carbonyl (C=O) groups is 1. The Bertz CT molecular complexity index is 1670. The molecule has 0 fully saturated rings.